The minimum atomic E-state index is -1.04. The number of carbonyl (C=O) groups is 3. The van der Waals surface area contributed by atoms with Crippen LogP contribution >= 0.6 is 0 Å². The minimum Gasteiger partial charge on any atom is -0.444 e. The van der Waals surface area contributed by atoms with E-state index in [4.69, 9.17) is 11.2 Å². The molecule has 2 aromatic carbocycles. The smallest absolute Gasteiger partial charge is 0.408 e. The highest BCUT2D eigenvalue weighted by Crippen LogP contribution is 2.26. The van der Waals surface area contributed by atoms with Gasteiger partial charge in [0.25, 0.3) is 0 Å². The third kappa shape index (κ3) is 8.04. The molecule has 7 nitrogen and oxygen atoms in total. The molecule has 0 heterocycles. The van der Waals surface area contributed by atoms with E-state index in [0.717, 1.165) is 5.56 Å². The molecule has 2 unspecified atom stereocenters. The average Bonchev–Trinajstić information content (AvgIpc) is 2.81. The van der Waals surface area contributed by atoms with Crippen LogP contribution in [0.15, 0.2) is 67.3 Å². The summed E-state index contributed by atoms with van der Waals surface area (Å²) in [6.07, 6.45) is 6.50. The van der Waals surface area contributed by atoms with Gasteiger partial charge in [-0.1, -0.05) is 60.5 Å². The van der Waals surface area contributed by atoms with Gasteiger partial charge in [0.05, 0.1) is 0 Å². The summed E-state index contributed by atoms with van der Waals surface area (Å²) in [5.41, 5.74) is 1.17. The largest absolute Gasteiger partial charge is 0.444 e. The molecule has 2 rings (SSSR count). The molecular formula is C28H33N3O4. The highest BCUT2D eigenvalue weighted by Gasteiger charge is 2.35. The van der Waals surface area contributed by atoms with E-state index in [9.17, 15) is 14.4 Å². The number of amides is 3. The van der Waals surface area contributed by atoms with Crippen LogP contribution in [-0.2, 0) is 20.9 Å². The second-order valence-corrected chi connectivity index (χ2v) is 8.98. The minimum absolute atomic E-state index is 0.0570. The van der Waals surface area contributed by atoms with Crippen LogP contribution in [0.4, 0.5) is 4.79 Å². The number of hydrogen-bond donors (Lipinski definition) is 2. The van der Waals surface area contributed by atoms with Crippen molar-refractivity contribution in [2.45, 2.75) is 51.9 Å². The van der Waals surface area contributed by atoms with Crippen LogP contribution in [0.2, 0.25) is 0 Å². The predicted molar refractivity (Wildman–Crippen MR) is 136 cm³/mol. The van der Waals surface area contributed by atoms with E-state index in [-0.39, 0.29) is 13.1 Å². The van der Waals surface area contributed by atoms with Crippen LogP contribution < -0.4 is 10.6 Å². The molecule has 0 aliphatic heterocycles. The second-order valence-electron chi connectivity index (χ2n) is 8.98. The van der Waals surface area contributed by atoms with E-state index < -0.39 is 35.6 Å². The molecular weight excluding hydrogens is 442 g/mol. The Kier molecular flexibility index (Phi) is 9.65. The zero-order chi connectivity index (χ0) is 26.0. The summed E-state index contributed by atoms with van der Waals surface area (Å²) in [4.78, 5) is 40.6. The van der Waals surface area contributed by atoms with Gasteiger partial charge in [-0.3, -0.25) is 9.59 Å². The summed E-state index contributed by atoms with van der Waals surface area (Å²) >= 11 is 0. The van der Waals surface area contributed by atoms with Crippen LogP contribution in [-0.4, -0.2) is 41.0 Å². The van der Waals surface area contributed by atoms with Gasteiger partial charge in [-0.25, -0.2) is 4.79 Å². The molecule has 0 saturated heterocycles. The molecule has 3 amide bonds. The normalized spacial score (nSPS) is 12.4. The molecule has 7 heteroatoms. The fourth-order valence-corrected chi connectivity index (χ4v) is 3.46. The Hall–Kier alpha value is -4.05. The molecule has 2 N–H and O–H groups in total. The third-order valence-corrected chi connectivity index (χ3v) is 4.99. The van der Waals surface area contributed by atoms with Crippen molar-refractivity contribution in [1.29, 1.82) is 0 Å². The molecule has 0 aliphatic carbocycles. The number of benzene rings is 2. The lowest BCUT2D eigenvalue weighted by Crippen LogP contribution is -2.52. The van der Waals surface area contributed by atoms with E-state index in [1.54, 1.807) is 45.0 Å². The first-order chi connectivity index (χ1) is 16.6. The summed E-state index contributed by atoms with van der Waals surface area (Å²) in [7, 11) is 0. The summed E-state index contributed by atoms with van der Waals surface area (Å²) in [6, 6.07) is 14.4. The number of ether oxygens (including phenoxy) is 1. The molecule has 2 aromatic rings. The monoisotopic (exact) mass is 475 g/mol. The predicted octanol–water partition coefficient (Wildman–Crippen LogP) is 3.95. The average molecular weight is 476 g/mol. The Labute approximate surface area is 207 Å². The second kappa shape index (κ2) is 12.4. The Morgan fingerprint density at radius 2 is 1.74 bits per heavy atom. The van der Waals surface area contributed by atoms with Crippen molar-refractivity contribution in [1.82, 2.24) is 15.5 Å². The molecule has 0 fully saturated rings. The summed E-state index contributed by atoms with van der Waals surface area (Å²) in [5, 5.41) is 5.45. The van der Waals surface area contributed by atoms with Crippen LogP contribution in [0.25, 0.3) is 0 Å². The topological polar surface area (TPSA) is 87.7 Å². The summed E-state index contributed by atoms with van der Waals surface area (Å²) < 4.78 is 5.27. The number of nitrogens with zero attached hydrogens (tertiary/aromatic N) is 1. The van der Waals surface area contributed by atoms with Gasteiger partial charge in [0.1, 0.15) is 17.7 Å². The number of terminal acetylenes is 1. The van der Waals surface area contributed by atoms with Gasteiger partial charge in [0.15, 0.2) is 0 Å². The first-order valence-corrected chi connectivity index (χ1v) is 11.4. The SMILES string of the molecule is C#Cc1ccccc1C(C(=O)NCc1ccccc1)N(CC=C)C(=O)C(C)NC(=O)OC(C)(C)C. The van der Waals surface area contributed by atoms with Gasteiger partial charge >= 0.3 is 6.09 Å². The van der Waals surface area contributed by atoms with Gasteiger partial charge in [-0.2, -0.15) is 0 Å². The molecule has 0 bridgehead atoms. The van der Waals surface area contributed by atoms with Crippen LogP contribution in [0.3, 0.4) is 0 Å². The number of alkyl carbamates (subject to hydrolysis) is 1. The number of rotatable bonds is 9. The molecule has 0 saturated carbocycles. The maximum absolute atomic E-state index is 13.5. The lowest BCUT2D eigenvalue weighted by Gasteiger charge is -2.33. The van der Waals surface area contributed by atoms with E-state index in [0.29, 0.717) is 11.1 Å². The number of nitrogens with one attached hydrogen (secondary N) is 2. The highest BCUT2D eigenvalue weighted by molar-refractivity contribution is 5.92. The zero-order valence-corrected chi connectivity index (χ0v) is 20.7. The molecule has 0 radical (unpaired) electrons. The fourth-order valence-electron chi connectivity index (χ4n) is 3.46. The van der Waals surface area contributed by atoms with Crippen LogP contribution in [0.5, 0.6) is 0 Å². The van der Waals surface area contributed by atoms with Crippen molar-refractivity contribution in [3.63, 3.8) is 0 Å². The fraction of sp³-hybridized carbons (Fsp3) is 0.321. The lowest BCUT2D eigenvalue weighted by atomic mass is 9.97. The molecule has 0 spiro atoms. The Morgan fingerprint density at radius 3 is 2.34 bits per heavy atom. The third-order valence-electron chi connectivity index (χ3n) is 4.99. The summed E-state index contributed by atoms with van der Waals surface area (Å²) in [6.45, 7) is 10.8. The Balaban J connectivity index is 2.38. The maximum Gasteiger partial charge on any atom is 0.408 e. The van der Waals surface area contributed by atoms with E-state index in [2.05, 4.69) is 23.1 Å². The molecule has 35 heavy (non-hydrogen) atoms. The van der Waals surface area contributed by atoms with E-state index >= 15 is 0 Å². The Morgan fingerprint density at radius 1 is 1.11 bits per heavy atom. The van der Waals surface area contributed by atoms with Crippen molar-refractivity contribution in [2.75, 3.05) is 6.54 Å². The van der Waals surface area contributed by atoms with Crippen LogP contribution in [0, 0.1) is 12.3 Å². The van der Waals surface area contributed by atoms with E-state index in [1.807, 2.05) is 30.3 Å². The molecule has 184 valence electrons. The quantitative estimate of drug-likeness (QED) is 0.425. The van der Waals surface area contributed by atoms with Crippen molar-refractivity contribution >= 4 is 17.9 Å². The van der Waals surface area contributed by atoms with E-state index in [1.165, 1.54) is 17.9 Å². The highest BCUT2D eigenvalue weighted by atomic mass is 16.6. The van der Waals surface area contributed by atoms with Crippen molar-refractivity contribution < 1.29 is 19.1 Å². The zero-order valence-electron chi connectivity index (χ0n) is 20.7. The number of hydrogen-bond acceptors (Lipinski definition) is 4. The van der Waals surface area contributed by atoms with Crippen LogP contribution in [0.1, 0.15) is 50.4 Å². The molecule has 0 aliphatic rings. The maximum atomic E-state index is 13.5. The standard InChI is InChI=1S/C28H33N3O4/c1-7-18-31(26(33)20(3)30-27(34)35-28(4,5)6)24(23-17-13-12-16-22(23)8-2)25(32)29-19-21-14-10-9-11-15-21/h2,7,9-17,20,24H,1,18-19H2,3-6H3,(H,29,32)(H,30,34). The summed E-state index contributed by atoms with van der Waals surface area (Å²) in [5.74, 6) is 1.70. The van der Waals surface area contributed by atoms with Gasteiger partial charge in [-0.05, 0) is 44.9 Å². The molecule has 0 aromatic heterocycles. The van der Waals surface area contributed by atoms with Gasteiger partial charge in [0.2, 0.25) is 11.8 Å². The first-order valence-electron chi connectivity index (χ1n) is 11.4. The van der Waals surface area contributed by atoms with Crippen molar-refractivity contribution in [2.24, 2.45) is 0 Å². The van der Waals surface area contributed by atoms with Crippen molar-refractivity contribution in [3.05, 3.63) is 83.9 Å². The van der Waals surface area contributed by atoms with Crippen molar-refractivity contribution in [3.8, 4) is 12.3 Å². The number of carbonyl (C=O) groups excluding carboxylic acids is 3. The van der Waals surface area contributed by atoms with Gasteiger partial charge < -0.3 is 20.3 Å². The van der Waals surface area contributed by atoms with Gasteiger partial charge in [-0.15, -0.1) is 13.0 Å². The van der Waals surface area contributed by atoms with Gasteiger partial charge in [0, 0.05) is 18.7 Å². The lowest BCUT2D eigenvalue weighted by molar-refractivity contribution is -0.141. The Bertz CT molecular complexity index is 1080. The first kappa shape index (κ1) is 27.2. The molecule has 2 atom stereocenters.